The molecule has 2 aromatic rings. The molecule has 0 spiro atoms. The third-order valence-corrected chi connectivity index (χ3v) is 6.38. The van der Waals surface area contributed by atoms with Crippen LogP contribution in [0.2, 0.25) is 5.02 Å². The Morgan fingerprint density at radius 3 is 2.50 bits per heavy atom. The quantitative estimate of drug-likeness (QED) is 0.710. The Bertz CT molecular complexity index is 1140. The second-order valence-electron chi connectivity index (χ2n) is 8.64. The van der Waals surface area contributed by atoms with E-state index in [1.165, 1.54) is 5.01 Å². The normalized spacial score (nSPS) is 16.9. The third kappa shape index (κ3) is 5.46. The predicted octanol–water partition coefficient (Wildman–Crippen LogP) is 3.22. The Labute approximate surface area is 204 Å². The van der Waals surface area contributed by atoms with Crippen molar-refractivity contribution in [2.24, 2.45) is 5.10 Å². The number of aryl methyl sites for hydroxylation is 2. The number of hydrogen-bond donors (Lipinski definition) is 1. The molecule has 0 aliphatic carbocycles. The van der Waals surface area contributed by atoms with Gasteiger partial charge in [0.1, 0.15) is 5.71 Å². The second kappa shape index (κ2) is 10.4. The average Bonchev–Trinajstić information content (AvgIpc) is 2.82. The van der Waals surface area contributed by atoms with Crippen LogP contribution in [0.3, 0.4) is 0 Å². The number of carbonyl (C=O) groups excluding carboxylic acids is 3. The van der Waals surface area contributed by atoms with Gasteiger partial charge in [-0.15, -0.1) is 0 Å². The number of hydrazone groups is 1. The lowest BCUT2D eigenvalue weighted by Crippen LogP contribution is -2.52. The van der Waals surface area contributed by atoms with Gasteiger partial charge in [-0.3, -0.25) is 19.3 Å². The van der Waals surface area contributed by atoms with Crippen molar-refractivity contribution in [3.8, 4) is 0 Å². The molecule has 2 aromatic carbocycles. The van der Waals surface area contributed by atoms with Crippen LogP contribution in [-0.4, -0.2) is 66.0 Å². The molecule has 0 aromatic heterocycles. The number of carbonyl (C=O) groups is 3. The van der Waals surface area contributed by atoms with E-state index in [1.807, 2.05) is 49.1 Å². The summed E-state index contributed by atoms with van der Waals surface area (Å²) >= 11 is 6.11. The van der Waals surface area contributed by atoms with E-state index >= 15 is 0 Å². The van der Waals surface area contributed by atoms with E-state index in [4.69, 9.17) is 11.6 Å². The lowest BCUT2D eigenvalue weighted by molar-refractivity contribution is -0.126. The molecular weight excluding hydrogens is 454 g/mol. The van der Waals surface area contributed by atoms with Crippen molar-refractivity contribution in [1.82, 2.24) is 9.80 Å². The summed E-state index contributed by atoms with van der Waals surface area (Å²) in [6.07, 6.45) is 0.583. The van der Waals surface area contributed by atoms with Crippen LogP contribution < -0.4 is 10.3 Å². The molecule has 0 bridgehead atoms. The van der Waals surface area contributed by atoms with Gasteiger partial charge in [-0.2, -0.15) is 5.10 Å². The SMILES string of the molecule is Cc1ccc(C)c(N2N=C(C(=O)N3CCN(CC(=O)Nc4ccccc4Cl)CC3)CCC2=O)c1. The average molecular weight is 482 g/mol. The molecule has 0 saturated carbocycles. The first kappa shape index (κ1) is 23.9. The summed E-state index contributed by atoms with van der Waals surface area (Å²) in [5, 5.41) is 9.14. The minimum Gasteiger partial charge on any atom is -0.335 e. The summed E-state index contributed by atoms with van der Waals surface area (Å²) in [4.78, 5) is 41.8. The van der Waals surface area contributed by atoms with E-state index < -0.39 is 0 Å². The summed E-state index contributed by atoms with van der Waals surface area (Å²) in [7, 11) is 0. The Morgan fingerprint density at radius 1 is 1.03 bits per heavy atom. The van der Waals surface area contributed by atoms with Crippen LogP contribution in [0.4, 0.5) is 11.4 Å². The number of amides is 3. The smallest absolute Gasteiger partial charge is 0.270 e. The lowest BCUT2D eigenvalue weighted by atomic mass is 10.1. The Kier molecular flexibility index (Phi) is 7.29. The number of benzene rings is 2. The van der Waals surface area contributed by atoms with Gasteiger partial charge in [0, 0.05) is 39.0 Å². The first-order valence-electron chi connectivity index (χ1n) is 11.4. The van der Waals surface area contributed by atoms with Gasteiger partial charge < -0.3 is 10.2 Å². The standard InChI is InChI=1S/C25H28ClN5O3/c1-17-7-8-18(2)22(15-17)31-24(33)10-9-21(28-31)25(34)30-13-11-29(12-14-30)16-23(32)27-20-6-4-3-5-19(20)26/h3-8,15H,9-14,16H2,1-2H3,(H,27,32). The van der Waals surface area contributed by atoms with Crippen LogP contribution in [0.25, 0.3) is 0 Å². The molecular formula is C25H28ClN5O3. The molecule has 2 aliphatic heterocycles. The topological polar surface area (TPSA) is 85.3 Å². The van der Waals surface area contributed by atoms with E-state index in [-0.39, 0.29) is 30.7 Å². The number of nitrogens with zero attached hydrogens (tertiary/aromatic N) is 4. The van der Waals surface area contributed by atoms with Crippen LogP contribution >= 0.6 is 11.6 Å². The molecule has 1 fully saturated rings. The lowest BCUT2D eigenvalue weighted by Gasteiger charge is -2.35. The van der Waals surface area contributed by atoms with Gasteiger partial charge in [-0.25, -0.2) is 5.01 Å². The number of anilines is 2. The van der Waals surface area contributed by atoms with Crippen molar-refractivity contribution < 1.29 is 14.4 Å². The van der Waals surface area contributed by atoms with Crippen LogP contribution in [-0.2, 0) is 14.4 Å². The van der Waals surface area contributed by atoms with E-state index in [0.717, 1.165) is 11.1 Å². The van der Waals surface area contributed by atoms with E-state index in [0.29, 0.717) is 54.7 Å². The van der Waals surface area contributed by atoms with E-state index in [2.05, 4.69) is 10.4 Å². The summed E-state index contributed by atoms with van der Waals surface area (Å²) in [6, 6.07) is 13.0. The van der Waals surface area contributed by atoms with Crippen molar-refractivity contribution in [3.05, 3.63) is 58.6 Å². The zero-order chi connectivity index (χ0) is 24.2. The molecule has 178 valence electrons. The highest BCUT2D eigenvalue weighted by Crippen LogP contribution is 2.26. The number of para-hydroxylation sites is 1. The molecule has 1 saturated heterocycles. The molecule has 9 heteroatoms. The summed E-state index contributed by atoms with van der Waals surface area (Å²) in [5.74, 6) is -0.408. The molecule has 0 radical (unpaired) electrons. The van der Waals surface area contributed by atoms with Crippen molar-refractivity contribution >= 4 is 46.4 Å². The molecule has 34 heavy (non-hydrogen) atoms. The van der Waals surface area contributed by atoms with Gasteiger partial charge in [0.05, 0.1) is 22.9 Å². The van der Waals surface area contributed by atoms with Crippen LogP contribution in [0.1, 0.15) is 24.0 Å². The maximum Gasteiger partial charge on any atom is 0.270 e. The van der Waals surface area contributed by atoms with Gasteiger partial charge in [-0.05, 0) is 43.2 Å². The number of piperazine rings is 1. The Balaban J connectivity index is 1.35. The fraction of sp³-hybridized carbons (Fsp3) is 0.360. The van der Waals surface area contributed by atoms with Crippen molar-refractivity contribution in [1.29, 1.82) is 0 Å². The highest BCUT2D eigenvalue weighted by atomic mass is 35.5. The number of rotatable bonds is 5. The molecule has 2 aliphatic rings. The van der Waals surface area contributed by atoms with Crippen molar-refractivity contribution in [2.45, 2.75) is 26.7 Å². The molecule has 3 amide bonds. The highest BCUT2D eigenvalue weighted by molar-refractivity contribution is 6.40. The van der Waals surface area contributed by atoms with Gasteiger partial charge >= 0.3 is 0 Å². The monoisotopic (exact) mass is 481 g/mol. The van der Waals surface area contributed by atoms with Gasteiger partial charge in [0.2, 0.25) is 11.8 Å². The number of nitrogens with one attached hydrogen (secondary N) is 1. The zero-order valence-electron chi connectivity index (χ0n) is 19.4. The van der Waals surface area contributed by atoms with Crippen LogP contribution in [0, 0.1) is 13.8 Å². The predicted molar refractivity (Wildman–Crippen MR) is 133 cm³/mol. The van der Waals surface area contributed by atoms with Crippen LogP contribution in [0.5, 0.6) is 0 Å². The Hall–Kier alpha value is -3.23. The molecule has 8 nitrogen and oxygen atoms in total. The minimum atomic E-state index is -0.150. The number of halogens is 1. The van der Waals surface area contributed by atoms with Crippen LogP contribution in [0.15, 0.2) is 47.6 Å². The molecule has 0 unspecified atom stereocenters. The zero-order valence-corrected chi connectivity index (χ0v) is 20.1. The van der Waals surface area contributed by atoms with Gasteiger partial charge in [0.15, 0.2) is 0 Å². The maximum atomic E-state index is 13.1. The second-order valence-corrected chi connectivity index (χ2v) is 9.05. The molecule has 2 heterocycles. The van der Waals surface area contributed by atoms with Gasteiger partial charge in [-0.1, -0.05) is 35.9 Å². The summed E-state index contributed by atoms with van der Waals surface area (Å²) < 4.78 is 0. The largest absolute Gasteiger partial charge is 0.335 e. The van der Waals surface area contributed by atoms with Crippen molar-refractivity contribution in [3.63, 3.8) is 0 Å². The minimum absolute atomic E-state index is 0.111. The molecule has 1 N–H and O–H groups in total. The fourth-order valence-electron chi connectivity index (χ4n) is 4.09. The fourth-order valence-corrected chi connectivity index (χ4v) is 4.27. The van der Waals surface area contributed by atoms with E-state index in [9.17, 15) is 14.4 Å². The Morgan fingerprint density at radius 2 is 1.76 bits per heavy atom. The van der Waals surface area contributed by atoms with E-state index in [1.54, 1.807) is 17.0 Å². The molecule has 4 rings (SSSR count). The summed E-state index contributed by atoms with van der Waals surface area (Å²) in [6.45, 7) is 6.26. The van der Waals surface area contributed by atoms with Gasteiger partial charge in [0.25, 0.3) is 5.91 Å². The molecule has 0 atom stereocenters. The van der Waals surface area contributed by atoms with Crippen molar-refractivity contribution in [2.75, 3.05) is 43.0 Å². The number of hydrogen-bond acceptors (Lipinski definition) is 5. The maximum absolute atomic E-state index is 13.1. The summed E-state index contributed by atoms with van der Waals surface area (Å²) in [5.41, 5.74) is 3.65. The first-order chi connectivity index (χ1) is 16.3. The third-order valence-electron chi connectivity index (χ3n) is 6.05. The highest BCUT2D eigenvalue weighted by Gasteiger charge is 2.31. The first-order valence-corrected chi connectivity index (χ1v) is 11.7.